The first-order valence-corrected chi connectivity index (χ1v) is 8.47. The summed E-state index contributed by atoms with van der Waals surface area (Å²) in [4.78, 5) is 16.6. The van der Waals surface area contributed by atoms with Crippen LogP contribution in [0.3, 0.4) is 0 Å². The van der Waals surface area contributed by atoms with Crippen LogP contribution in [0.1, 0.15) is 5.56 Å². The predicted octanol–water partition coefficient (Wildman–Crippen LogP) is 4.02. The molecule has 138 valence electrons. The summed E-state index contributed by atoms with van der Waals surface area (Å²) in [5.41, 5.74) is 2.43. The van der Waals surface area contributed by atoms with Gasteiger partial charge in [-0.25, -0.2) is 4.98 Å². The lowest BCUT2D eigenvalue weighted by Gasteiger charge is -2.10. The van der Waals surface area contributed by atoms with Gasteiger partial charge >= 0.3 is 0 Å². The smallest absolute Gasteiger partial charge is 0.228 e. The molecule has 2 N–H and O–H groups in total. The molecule has 6 heteroatoms. The van der Waals surface area contributed by atoms with Gasteiger partial charge < -0.3 is 20.1 Å². The second-order valence-corrected chi connectivity index (χ2v) is 5.84. The largest absolute Gasteiger partial charge is 0.493 e. The third kappa shape index (κ3) is 4.98. The second kappa shape index (κ2) is 8.71. The normalized spacial score (nSPS) is 10.1. The van der Waals surface area contributed by atoms with Crippen LogP contribution >= 0.6 is 0 Å². The number of carbonyl (C=O) groups is 1. The Labute approximate surface area is 158 Å². The third-order valence-electron chi connectivity index (χ3n) is 3.91. The minimum Gasteiger partial charge on any atom is -0.493 e. The van der Waals surface area contributed by atoms with Crippen LogP contribution in [0.4, 0.5) is 17.2 Å². The highest BCUT2D eigenvalue weighted by molar-refractivity contribution is 5.92. The molecule has 0 saturated heterocycles. The summed E-state index contributed by atoms with van der Waals surface area (Å²) < 4.78 is 10.5. The molecule has 3 rings (SSSR count). The Bertz CT molecular complexity index is 896. The molecule has 1 amide bonds. The Morgan fingerprint density at radius 2 is 1.70 bits per heavy atom. The molecule has 0 aliphatic carbocycles. The zero-order chi connectivity index (χ0) is 19.1. The maximum atomic E-state index is 12.3. The lowest BCUT2D eigenvalue weighted by molar-refractivity contribution is -0.115. The van der Waals surface area contributed by atoms with Gasteiger partial charge in [-0.1, -0.05) is 24.3 Å². The van der Waals surface area contributed by atoms with Gasteiger partial charge in [0.25, 0.3) is 0 Å². The summed E-state index contributed by atoms with van der Waals surface area (Å²) in [6.07, 6.45) is 1.85. The molecule has 0 unspecified atom stereocenters. The molecule has 0 atom stereocenters. The van der Waals surface area contributed by atoms with E-state index in [-0.39, 0.29) is 12.3 Å². The van der Waals surface area contributed by atoms with E-state index in [9.17, 15) is 4.79 Å². The molecule has 3 aromatic rings. The second-order valence-electron chi connectivity index (χ2n) is 5.84. The number of rotatable bonds is 7. The van der Waals surface area contributed by atoms with Gasteiger partial charge in [0, 0.05) is 5.69 Å². The van der Waals surface area contributed by atoms with Gasteiger partial charge in [0.15, 0.2) is 11.5 Å². The molecular weight excluding hydrogens is 342 g/mol. The van der Waals surface area contributed by atoms with E-state index in [1.54, 1.807) is 32.5 Å². The molecule has 0 spiro atoms. The van der Waals surface area contributed by atoms with Crippen LogP contribution < -0.4 is 20.1 Å². The number of methoxy groups -OCH3 is 2. The number of hydrogen-bond donors (Lipinski definition) is 2. The van der Waals surface area contributed by atoms with Crippen molar-refractivity contribution in [1.29, 1.82) is 0 Å². The van der Waals surface area contributed by atoms with Gasteiger partial charge in [0.05, 0.1) is 32.5 Å². The van der Waals surface area contributed by atoms with Crippen LogP contribution in [0.5, 0.6) is 11.5 Å². The van der Waals surface area contributed by atoms with Crippen molar-refractivity contribution in [3.05, 3.63) is 72.4 Å². The number of benzene rings is 2. The highest BCUT2D eigenvalue weighted by atomic mass is 16.5. The number of anilines is 3. The highest BCUT2D eigenvalue weighted by Gasteiger charge is 2.09. The van der Waals surface area contributed by atoms with E-state index in [2.05, 4.69) is 15.6 Å². The van der Waals surface area contributed by atoms with E-state index in [1.807, 2.05) is 48.5 Å². The fourth-order valence-electron chi connectivity index (χ4n) is 2.59. The standard InChI is InChI=1S/C21H21N3O3/c1-26-18-10-8-15(12-19(18)27-2)13-21(25)24-17-9-11-20(22-14-17)23-16-6-4-3-5-7-16/h3-12,14H,13H2,1-2H3,(H,22,23)(H,24,25). The summed E-state index contributed by atoms with van der Waals surface area (Å²) >= 11 is 0. The molecule has 1 heterocycles. The Balaban J connectivity index is 1.59. The Morgan fingerprint density at radius 1 is 0.926 bits per heavy atom. The maximum absolute atomic E-state index is 12.3. The van der Waals surface area contributed by atoms with Gasteiger partial charge in [0.2, 0.25) is 5.91 Å². The molecule has 0 saturated carbocycles. The number of hydrogen-bond acceptors (Lipinski definition) is 5. The SMILES string of the molecule is COc1ccc(CC(=O)Nc2ccc(Nc3ccccc3)nc2)cc1OC. The van der Waals surface area contributed by atoms with Crippen molar-refractivity contribution >= 4 is 23.1 Å². The lowest BCUT2D eigenvalue weighted by Crippen LogP contribution is -2.14. The van der Waals surface area contributed by atoms with E-state index in [4.69, 9.17) is 9.47 Å². The zero-order valence-corrected chi connectivity index (χ0v) is 15.2. The average Bonchev–Trinajstić information content (AvgIpc) is 2.70. The summed E-state index contributed by atoms with van der Waals surface area (Å²) in [6.45, 7) is 0. The number of pyridine rings is 1. The van der Waals surface area contributed by atoms with Crippen molar-refractivity contribution in [2.45, 2.75) is 6.42 Å². The van der Waals surface area contributed by atoms with Crippen LogP contribution in [0.15, 0.2) is 66.9 Å². The molecule has 0 aliphatic rings. The number of nitrogens with one attached hydrogen (secondary N) is 2. The first-order valence-electron chi connectivity index (χ1n) is 8.47. The van der Waals surface area contributed by atoms with Crippen molar-refractivity contribution in [3.63, 3.8) is 0 Å². The molecule has 6 nitrogen and oxygen atoms in total. The van der Waals surface area contributed by atoms with Crippen LogP contribution in [0, 0.1) is 0 Å². The number of amides is 1. The van der Waals surface area contributed by atoms with Crippen LogP contribution in [-0.4, -0.2) is 25.1 Å². The van der Waals surface area contributed by atoms with E-state index in [0.717, 1.165) is 11.3 Å². The summed E-state index contributed by atoms with van der Waals surface area (Å²) in [5, 5.41) is 6.04. The van der Waals surface area contributed by atoms with E-state index in [0.29, 0.717) is 23.0 Å². The molecule has 0 fully saturated rings. The fourth-order valence-corrected chi connectivity index (χ4v) is 2.59. The first-order chi connectivity index (χ1) is 13.2. The first kappa shape index (κ1) is 18.3. The van der Waals surface area contributed by atoms with Gasteiger partial charge in [-0.2, -0.15) is 0 Å². The molecule has 0 radical (unpaired) electrons. The molecule has 0 bridgehead atoms. The van der Waals surface area contributed by atoms with Gasteiger partial charge in [-0.05, 0) is 42.0 Å². The number of para-hydroxylation sites is 1. The van der Waals surface area contributed by atoms with Crippen LogP contribution in [-0.2, 0) is 11.2 Å². The van der Waals surface area contributed by atoms with Crippen molar-refractivity contribution < 1.29 is 14.3 Å². The molecule has 27 heavy (non-hydrogen) atoms. The van der Waals surface area contributed by atoms with Crippen LogP contribution in [0.2, 0.25) is 0 Å². The average molecular weight is 363 g/mol. The van der Waals surface area contributed by atoms with Crippen LogP contribution in [0.25, 0.3) is 0 Å². The number of ether oxygens (including phenoxy) is 2. The van der Waals surface area contributed by atoms with E-state index in [1.165, 1.54) is 0 Å². The van der Waals surface area contributed by atoms with Crippen molar-refractivity contribution in [2.24, 2.45) is 0 Å². The zero-order valence-electron chi connectivity index (χ0n) is 15.2. The maximum Gasteiger partial charge on any atom is 0.228 e. The monoisotopic (exact) mass is 363 g/mol. The Kier molecular flexibility index (Phi) is 5.89. The summed E-state index contributed by atoms with van der Waals surface area (Å²) in [6, 6.07) is 18.8. The van der Waals surface area contributed by atoms with Gasteiger partial charge in [-0.3, -0.25) is 4.79 Å². The summed E-state index contributed by atoms with van der Waals surface area (Å²) in [7, 11) is 3.14. The van der Waals surface area contributed by atoms with Crippen molar-refractivity contribution in [3.8, 4) is 11.5 Å². The minimum atomic E-state index is -0.132. The molecule has 0 aliphatic heterocycles. The van der Waals surface area contributed by atoms with E-state index < -0.39 is 0 Å². The van der Waals surface area contributed by atoms with Gasteiger partial charge in [-0.15, -0.1) is 0 Å². The highest BCUT2D eigenvalue weighted by Crippen LogP contribution is 2.27. The predicted molar refractivity (Wildman–Crippen MR) is 106 cm³/mol. The minimum absolute atomic E-state index is 0.132. The quantitative estimate of drug-likeness (QED) is 0.663. The third-order valence-corrected chi connectivity index (χ3v) is 3.91. The fraction of sp³-hybridized carbons (Fsp3) is 0.143. The van der Waals surface area contributed by atoms with Gasteiger partial charge in [0.1, 0.15) is 5.82 Å². The van der Waals surface area contributed by atoms with Crippen molar-refractivity contribution in [2.75, 3.05) is 24.9 Å². The lowest BCUT2D eigenvalue weighted by atomic mass is 10.1. The Morgan fingerprint density at radius 3 is 2.37 bits per heavy atom. The summed E-state index contributed by atoms with van der Waals surface area (Å²) in [5.74, 6) is 1.81. The molecule has 2 aromatic carbocycles. The molecule has 1 aromatic heterocycles. The van der Waals surface area contributed by atoms with Crippen molar-refractivity contribution in [1.82, 2.24) is 4.98 Å². The number of aromatic nitrogens is 1. The molecular formula is C21H21N3O3. The number of carbonyl (C=O) groups excluding carboxylic acids is 1. The Hall–Kier alpha value is -3.54. The topological polar surface area (TPSA) is 72.5 Å². The number of nitrogens with zero attached hydrogens (tertiary/aromatic N) is 1. The van der Waals surface area contributed by atoms with E-state index >= 15 is 0 Å².